The van der Waals surface area contributed by atoms with Crippen molar-refractivity contribution in [3.63, 3.8) is 0 Å². The predicted octanol–water partition coefficient (Wildman–Crippen LogP) is 1.67. The Kier molecular flexibility index (Phi) is 15.6. The number of carboxylic acid groups (broad SMARTS) is 1. The molecule has 15 heteroatoms. The van der Waals surface area contributed by atoms with Crippen molar-refractivity contribution in [2.75, 3.05) is 19.6 Å². The fraction of sp³-hybridized carbons (Fsp3) is 0.333. The van der Waals surface area contributed by atoms with Gasteiger partial charge in [-0.3, -0.25) is 29.4 Å². The van der Waals surface area contributed by atoms with E-state index in [0.717, 1.165) is 33.2 Å². The van der Waals surface area contributed by atoms with Crippen LogP contribution in [0.3, 0.4) is 0 Å². The molecule has 12 N–H and O–H groups in total. The number of aromatic amines is 1. The molecule has 1 heterocycles. The summed E-state index contributed by atoms with van der Waals surface area (Å²) in [6.07, 6.45) is 3.55. The van der Waals surface area contributed by atoms with Crippen LogP contribution in [0.25, 0.3) is 22.0 Å². The van der Waals surface area contributed by atoms with Gasteiger partial charge in [0.25, 0.3) is 0 Å². The average Bonchev–Trinajstić information content (AvgIpc) is 3.57. The fourth-order valence-electron chi connectivity index (χ4n) is 5.96. The van der Waals surface area contributed by atoms with Crippen LogP contribution in [0.4, 0.5) is 0 Å². The van der Waals surface area contributed by atoms with Crippen LogP contribution >= 0.6 is 0 Å². The van der Waals surface area contributed by atoms with Crippen LogP contribution in [0.1, 0.15) is 43.2 Å². The normalized spacial score (nSPS) is 12.5. The standard InChI is InChI=1S/C39H49N9O6/c40-19-8-14-34(49)46-33(22-28-23-44-30-12-5-4-11-29(28)30)38(54)48-32(21-25-15-17-27(18-16-25)26-9-2-1-3-10-26)37(53)47-31(36(52)45-24-35(50)51)13-6-7-20-43-39(41)42/h1-5,9-12,15-18,23,31-33,44H,6-8,13-14,19-22,24,40H2,(H,45,52)(H,46,49)(H,47,53)(H,48,54)(H,50,51)(H4,41,42,43)/t31-,32-,33-/m0/s1. The molecule has 3 aromatic carbocycles. The monoisotopic (exact) mass is 739 g/mol. The van der Waals surface area contributed by atoms with E-state index < -0.39 is 48.4 Å². The number of amides is 4. The summed E-state index contributed by atoms with van der Waals surface area (Å²) >= 11 is 0. The summed E-state index contributed by atoms with van der Waals surface area (Å²) in [5.74, 6) is -3.80. The predicted molar refractivity (Wildman–Crippen MR) is 206 cm³/mol. The van der Waals surface area contributed by atoms with Gasteiger partial charge >= 0.3 is 5.97 Å². The van der Waals surface area contributed by atoms with E-state index >= 15 is 0 Å². The molecule has 1 aromatic heterocycles. The van der Waals surface area contributed by atoms with Gasteiger partial charge in [0, 0.05) is 42.9 Å². The molecule has 4 aromatic rings. The molecular formula is C39H49N9O6. The summed E-state index contributed by atoms with van der Waals surface area (Å²) < 4.78 is 0. The summed E-state index contributed by atoms with van der Waals surface area (Å²) in [6, 6.07) is 21.5. The second-order valence-electron chi connectivity index (χ2n) is 12.9. The molecule has 0 radical (unpaired) electrons. The van der Waals surface area contributed by atoms with Crippen molar-refractivity contribution in [1.82, 2.24) is 31.6 Å². The molecule has 0 spiro atoms. The highest BCUT2D eigenvalue weighted by Crippen LogP contribution is 2.21. The number of nitrogens with one attached hydrogen (secondary N) is 7. The Labute approximate surface area is 313 Å². The maximum absolute atomic E-state index is 14.1. The Hall–Kier alpha value is -6.22. The van der Waals surface area contributed by atoms with Crippen molar-refractivity contribution < 1.29 is 29.1 Å². The number of benzene rings is 3. The molecule has 54 heavy (non-hydrogen) atoms. The zero-order chi connectivity index (χ0) is 38.9. The number of aromatic nitrogens is 1. The molecule has 3 atom stereocenters. The first-order valence-electron chi connectivity index (χ1n) is 17.9. The lowest BCUT2D eigenvalue weighted by Gasteiger charge is -2.26. The third-order valence-electron chi connectivity index (χ3n) is 8.77. The molecule has 0 saturated heterocycles. The van der Waals surface area contributed by atoms with E-state index in [1.807, 2.05) is 78.9 Å². The van der Waals surface area contributed by atoms with Gasteiger partial charge < -0.3 is 48.1 Å². The minimum absolute atomic E-state index is 0.0412. The van der Waals surface area contributed by atoms with Gasteiger partial charge in [0.15, 0.2) is 5.96 Å². The minimum Gasteiger partial charge on any atom is -0.480 e. The number of fused-ring (bicyclic) bond motifs is 1. The molecule has 0 bridgehead atoms. The Morgan fingerprint density at radius 1 is 0.722 bits per heavy atom. The number of rotatable bonds is 21. The summed E-state index contributed by atoms with van der Waals surface area (Å²) in [5, 5.41) is 30.8. The number of para-hydroxylation sites is 1. The van der Waals surface area contributed by atoms with Gasteiger partial charge in [0.2, 0.25) is 23.6 Å². The van der Waals surface area contributed by atoms with Crippen LogP contribution < -0.4 is 38.1 Å². The second-order valence-corrected chi connectivity index (χ2v) is 12.9. The fourth-order valence-corrected chi connectivity index (χ4v) is 5.96. The van der Waals surface area contributed by atoms with Gasteiger partial charge in [0.1, 0.15) is 24.7 Å². The van der Waals surface area contributed by atoms with Crippen LogP contribution in [0, 0.1) is 5.41 Å². The Morgan fingerprint density at radius 3 is 2.06 bits per heavy atom. The SMILES string of the molecule is N=C(N)NCCCC[C@H](NC(=O)[C@H](Cc1ccc(-c2ccccc2)cc1)NC(=O)[C@H](Cc1c[nH]c2ccccc12)NC(=O)CCCN)C(=O)NCC(=O)O. The number of nitrogens with two attached hydrogens (primary N) is 2. The Bertz CT molecular complexity index is 1880. The van der Waals surface area contributed by atoms with Crippen molar-refractivity contribution in [1.29, 1.82) is 5.41 Å². The van der Waals surface area contributed by atoms with Crippen molar-refractivity contribution in [2.45, 2.75) is 63.1 Å². The number of carbonyl (C=O) groups is 5. The molecule has 0 aliphatic heterocycles. The molecule has 0 saturated carbocycles. The van der Waals surface area contributed by atoms with Crippen molar-refractivity contribution in [3.8, 4) is 11.1 Å². The van der Waals surface area contributed by atoms with Crippen molar-refractivity contribution >= 4 is 46.5 Å². The number of aliphatic carboxylic acids is 1. The van der Waals surface area contributed by atoms with Crippen LogP contribution in [-0.2, 0) is 36.8 Å². The van der Waals surface area contributed by atoms with Gasteiger partial charge in [-0.1, -0.05) is 72.8 Å². The zero-order valence-corrected chi connectivity index (χ0v) is 30.0. The van der Waals surface area contributed by atoms with E-state index in [4.69, 9.17) is 22.0 Å². The third-order valence-corrected chi connectivity index (χ3v) is 8.77. The average molecular weight is 740 g/mol. The number of unbranched alkanes of at least 4 members (excludes halogenated alkanes) is 1. The first-order chi connectivity index (χ1) is 26.0. The van der Waals surface area contributed by atoms with E-state index in [1.165, 1.54) is 0 Å². The van der Waals surface area contributed by atoms with Crippen molar-refractivity contribution in [3.05, 3.63) is 96.2 Å². The van der Waals surface area contributed by atoms with Gasteiger partial charge in [-0.25, -0.2) is 0 Å². The molecule has 0 aliphatic rings. The highest BCUT2D eigenvalue weighted by atomic mass is 16.4. The van der Waals surface area contributed by atoms with Gasteiger partial charge in [-0.05, 0) is 60.5 Å². The highest BCUT2D eigenvalue weighted by Gasteiger charge is 2.30. The van der Waals surface area contributed by atoms with E-state index in [1.54, 1.807) is 6.20 Å². The number of hydrogen-bond acceptors (Lipinski definition) is 7. The van der Waals surface area contributed by atoms with E-state index in [0.29, 0.717) is 32.4 Å². The molecule has 0 aliphatic carbocycles. The summed E-state index contributed by atoms with van der Waals surface area (Å²) in [5.41, 5.74) is 15.3. The second kappa shape index (κ2) is 20.7. The maximum Gasteiger partial charge on any atom is 0.322 e. The molecule has 4 amide bonds. The molecule has 4 rings (SSSR count). The number of H-pyrrole nitrogens is 1. The lowest BCUT2D eigenvalue weighted by Crippen LogP contribution is -2.58. The van der Waals surface area contributed by atoms with E-state index in [-0.39, 0.29) is 37.6 Å². The molecule has 0 fully saturated rings. The largest absolute Gasteiger partial charge is 0.480 e. The third kappa shape index (κ3) is 12.8. The molecule has 0 unspecified atom stereocenters. The molecular weight excluding hydrogens is 690 g/mol. The zero-order valence-electron chi connectivity index (χ0n) is 30.0. The van der Waals surface area contributed by atoms with Gasteiger partial charge in [-0.2, -0.15) is 0 Å². The summed E-state index contributed by atoms with van der Waals surface area (Å²) in [7, 11) is 0. The smallest absolute Gasteiger partial charge is 0.322 e. The van der Waals surface area contributed by atoms with E-state index in [9.17, 15) is 24.0 Å². The highest BCUT2D eigenvalue weighted by molar-refractivity contribution is 5.95. The van der Waals surface area contributed by atoms with Crippen LogP contribution in [0.2, 0.25) is 0 Å². The summed E-state index contributed by atoms with van der Waals surface area (Å²) in [6.45, 7) is 0.0100. The Balaban J connectivity index is 1.60. The number of guanidine groups is 1. The van der Waals surface area contributed by atoms with Crippen LogP contribution in [0.15, 0.2) is 85.1 Å². The maximum atomic E-state index is 14.1. The van der Waals surface area contributed by atoms with Crippen LogP contribution in [0.5, 0.6) is 0 Å². The van der Waals surface area contributed by atoms with E-state index in [2.05, 4.69) is 31.6 Å². The lowest BCUT2D eigenvalue weighted by atomic mass is 9.99. The first-order valence-corrected chi connectivity index (χ1v) is 17.9. The lowest BCUT2D eigenvalue weighted by molar-refractivity contribution is -0.138. The molecule has 286 valence electrons. The van der Waals surface area contributed by atoms with Crippen molar-refractivity contribution in [2.24, 2.45) is 11.5 Å². The topological polar surface area (TPSA) is 257 Å². The van der Waals surface area contributed by atoms with Crippen LogP contribution in [-0.4, -0.2) is 83.4 Å². The number of carboxylic acids is 1. The molecule has 15 nitrogen and oxygen atoms in total. The number of hydrogen-bond donors (Lipinski definition) is 10. The summed E-state index contributed by atoms with van der Waals surface area (Å²) in [4.78, 5) is 68.7. The Morgan fingerprint density at radius 2 is 1.37 bits per heavy atom. The quantitative estimate of drug-likeness (QED) is 0.0338. The minimum atomic E-state index is -1.25. The van der Waals surface area contributed by atoms with Gasteiger partial charge in [-0.15, -0.1) is 0 Å². The number of carbonyl (C=O) groups excluding carboxylic acids is 4. The first kappa shape index (κ1) is 40.5. The van der Waals surface area contributed by atoms with Gasteiger partial charge in [0.05, 0.1) is 0 Å².